The van der Waals surface area contributed by atoms with Crippen LogP contribution in [0.5, 0.6) is 0 Å². The zero-order valence-corrected chi connectivity index (χ0v) is 23.2. The van der Waals surface area contributed by atoms with Gasteiger partial charge in [0, 0.05) is 63.7 Å². The fraction of sp³-hybridized carbons (Fsp3) is 0.500. The number of hydrogen-bond donors (Lipinski definition) is 1. The van der Waals surface area contributed by atoms with Crippen LogP contribution in [0.3, 0.4) is 0 Å². The van der Waals surface area contributed by atoms with Gasteiger partial charge in [0.25, 0.3) is 0 Å². The van der Waals surface area contributed by atoms with E-state index >= 15 is 0 Å². The van der Waals surface area contributed by atoms with Crippen molar-refractivity contribution in [3.63, 3.8) is 0 Å². The molecule has 0 aromatic heterocycles. The molecule has 8 nitrogen and oxygen atoms in total. The Morgan fingerprint density at radius 2 is 1.39 bits per heavy atom. The first kappa shape index (κ1) is 29.4. The van der Waals surface area contributed by atoms with Gasteiger partial charge in [-0.3, -0.25) is 0 Å². The first-order valence-corrected chi connectivity index (χ1v) is 13.4. The summed E-state index contributed by atoms with van der Waals surface area (Å²) in [5.41, 5.74) is 1.56. The van der Waals surface area contributed by atoms with E-state index in [9.17, 15) is 14.0 Å². The van der Waals surface area contributed by atoms with E-state index in [1.165, 1.54) is 16.7 Å². The van der Waals surface area contributed by atoms with Crippen LogP contribution in [-0.2, 0) is 4.74 Å². The molecule has 0 unspecified atom stereocenters. The summed E-state index contributed by atoms with van der Waals surface area (Å²) >= 11 is 5.84. The smallest absolute Gasteiger partial charge is 0.410 e. The van der Waals surface area contributed by atoms with Crippen molar-refractivity contribution in [2.75, 3.05) is 62.2 Å². The lowest BCUT2D eigenvalue weighted by atomic mass is 10.2. The predicted octanol–water partition coefficient (Wildman–Crippen LogP) is 5.80. The van der Waals surface area contributed by atoms with E-state index < -0.39 is 17.5 Å². The van der Waals surface area contributed by atoms with Crippen molar-refractivity contribution < 1.29 is 23.8 Å². The summed E-state index contributed by atoms with van der Waals surface area (Å²) in [6.07, 6.45) is 0.622. The van der Waals surface area contributed by atoms with Gasteiger partial charge in [-0.15, -0.1) is 0 Å². The first-order valence-electron chi connectivity index (χ1n) is 13.0. The van der Waals surface area contributed by atoms with Crippen molar-refractivity contribution in [3.8, 4) is 0 Å². The molecular weight excluding hydrogens is 511 g/mol. The maximum absolute atomic E-state index is 13.3. The Balaban J connectivity index is 0.000000221. The van der Waals surface area contributed by atoms with Crippen LogP contribution in [0.2, 0.25) is 5.02 Å². The lowest BCUT2D eigenvalue weighted by Crippen LogP contribution is -2.39. The molecule has 0 atom stereocenters. The highest BCUT2D eigenvalue weighted by Gasteiger charge is 2.24. The molecule has 2 heterocycles. The van der Waals surface area contributed by atoms with Gasteiger partial charge in [-0.05, 0) is 63.9 Å². The van der Waals surface area contributed by atoms with Crippen molar-refractivity contribution >= 4 is 35.2 Å². The lowest BCUT2D eigenvalue weighted by molar-refractivity contribution is 0.0263. The number of carbonyl (C=O) groups excluding carboxylic acids is 1. The second kappa shape index (κ2) is 13.6. The third kappa shape index (κ3) is 8.97. The SMILES string of the molecule is CC(C)(C)OC(=O)N1CCCN(c2ccc(F)c(Cl)c2)CC1.O=C(O)N1CCCN(c2ccccc2)CC1. The molecule has 1 N–H and O–H groups in total. The minimum absolute atomic E-state index is 0.116. The van der Waals surface area contributed by atoms with Crippen LogP contribution in [0.4, 0.5) is 25.4 Å². The Labute approximate surface area is 229 Å². The van der Waals surface area contributed by atoms with Gasteiger partial charge in [-0.1, -0.05) is 29.8 Å². The summed E-state index contributed by atoms with van der Waals surface area (Å²) in [5, 5.41) is 9.04. The van der Waals surface area contributed by atoms with Crippen molar-refractivity contribution in [1.29, 1.82) is 0 Å². The van der Waals surface area contributed by atoms with Gasteiger partial charge < -0.3 is 29.4 Å². The van der Waals surface area contributed by atoms with E-state index in [1.54, 1.807) is 17.0 Å². The van der Waals surface area contributed by atoms with Crippen molar-refractivity contribution in [2.45, 2.75) is 39.2 Å². The molecule has 10 heteroatoms. The number of hydrogen-bond acceptors (Lipinski definition) is 5. The molecule has 2 fully saturated rings. The minimum atomic E-state index is -0.810. The van der Waals surface area contributed by atoms with Gasteiger partial charge in [-0.25, -0.2) is 14.0 Å². The second-order valence-corrected chi connectivity index (χ2v) is 10.8. The highest BCUT2D eigenvalue weighted by molar-refractivity contribution is 6.31. The van der Waals surface area contributed by atoms with Gasteiger partial charge in [0.15, 0.2) is 0 Å². The number of ether oxygens (including phenoxy) is 1. The number of carbonyl (C=O) groups is 2. The molecule has 0 radical (unpaired) electrons. The molecule has 0 saturated carbocycles. The number of carboxylic acid groups (broad SMARTS) is 1. The van der Waals surface area contributed by atoms with E-state index in [-0.39, 0.29) is 11.1 Å². The molecule has 0 bridgehead atoms. The van der Waals surface area contributed by atoms with Crippen LogP contribution in [0.15, 0.2) is 48.5 Å². The maximum atomic E-state index is 13.3. The zero-order chi connectivity index (χ0) is 27.7. The molecule has 2 saturated heterocycles. The van der Waals surface area contributed by atoms with Gasteiger partial charge in [0.2, 0.25) is 0 Å². The van der Waals surface area contributed by atoms with Gasteiger partial charge in [-0.2, -0.15) is 0 Å². The minimum Gasteiger partial charge on any atom is -0.465 e. The molecular formula is C28H38ClFN4O4. The van der Waals surface area contributed by atoms with Crippen LogP contribution in [0.25, 0.3) is 0 Å². The molecule has 2 aromatic carbocycles. The largest absolute Gasteiger partial charge is 0.465 e. The molecule has 2 aromatic rings. The number of para-hydroxylation sites is 1. The Hall–Kier alpha value is -3.20. The van der Waals surface area contributed by atoms with Crippen LogP contribution in [0.1, 0.15) is 33.6 Å². The fourth-order valence-corrected chi connectivity index (χ4v) is 4.55. The Kier molecular flexibility index (Phi) is 10.5. The molecule has 2 amide bonds. The highest BCUT2D eigenvalue weighted by atomic mass is 35.5. The summed E-state index contributed by atoms with van der Waals surface area (Å²) in [6, 6.07) is 14.8. The molecule has 208 valence electrons. The number of rotatable bonds is 2. The molecule has 0 aliphatic carbocycles. The monoisotopic (exact) mass is 548 g/mol. The van der Waals surface area contributed by atoms with Crippen LogP contribution < -0.4 is 9.80 Å². The zero-order valence-electron chi connectivity index (χ0n) is 22.4. The van der Waals surface area contributed by atoms with E-state index in [4.69, 9.17) is 21.4 Å². The Morgan fingerprint density at radius 1 is 0.816 bits per heavy atom. The van der Waals surface area contributed by atoms with E-state index in [0.29, 0.717) is 32.7 Å². The third-order valence-corrected chi connectivity index (χ3v) is 6.59. The first-order chi connectivity index (χ1) is 18.0. The summed E-state index contributed by atoms with van der Waals surface area (Å²) in [4.78, 5) is 30.5. The average Bonchev–Trinajstić information content (AvgIpc) is 3.27. The standard InChI is InChI=1S/C16H22ClFN2O2.C12H16N2O2/c1-16(2,3)22-15(21)20-8-4-7-19(9-10-20)12-5-6-14(18)13(17)11-12;15-12(16)14-8-4-7-13(9-10-14)11-5-2-1-3-6-11/h5-6,11H,4,7-10H2,1-3H3;1-3,5-6H,4,7-10H2,(H,15,16). The summed E-state index contributed by atoms with van der Waals surface area (Å²) in [5.74, 6) is -0.421. The predicted molar refractivity (Wildman–Crippen MR) is 149 cm³/mol. The van der Waals surface area contributed by atoms with E-state index in [0.717, 1.165) is 38.2 Å². The topological polar surface area (TPSA) is 76.6 Å². The highest BCUT2D eigenvalue weighted by Crippen LogP contribution is 2.24. The van der Waals surface area contributed by atoms with E-state index in [1.807, 2.05) is 39.0 Å². The van der Waals surface area contributed by atoms with Gasteiger partial charge in [0.1, 0.15) is 11.4 Å². The van der Waals surface area contributed by atoms with E-state index in [2.05, 4.69) is 21.9 Å². The Bertz CT molecular complexity index is 1070. The summed E-state index contributed by atoms with van der Waals surface area (Å²) in [7, 11) is 0. The van der Waals surface area contributed by atoms with Crippen molar-refractivity contribution in [2.24, 2.45) is 0 Å². The lowest BCUT2D eigenvalue weighted by Gasteiger charge is -2.27. The second-order valence-electron chi connectivity index (χ2n) is 10.4. The molecule has 38 heavy (non-hydrogen) atoms. The van der Waals surface area contributed by atoms with Crippen LogP contribution in [0, 0.1) is 5.82 Å². The van der Waals surface area contributed by atoms with Crippen molar-refractivity contribution in [3.05, 3.63) is 59.4 Å². The van der Waals surface area contributed by atoms with Crippen molar-refractivity contribution in [1.82, 2.24) is 9.80 Å². The maximum Gasteiger partial charge on any atom is 0.410 e. The molecule has 2 aliphatic heterocycles. The molecule has 0 spiro atoms. The third-order valence-electron chi connectivity index (χ3n) is 6.30. The number of anilines is 2. The Morgan fingerprint density at radius 3 is 1.97 bits per heavy atom. The summed E-state index contributed by atoms with van der Waals surface area (Å²) in [6.45, 7) is 11.2. The number of benzene rings is 2. The van der Waals surface area contributed by atoms with Gasteiger partial charge >= 0.3 is 12.2 Å². The fourth-order valence-electron chi connectivity index (χ4n) is 4.37. The number of nitrogens with zero attached hydrogens (tertiary/aromatic N) is 4. The van der Waals surface area contributed by atoms with Crippen LogP contribution >= 0.6 is 11.6 Å². The summed E-state index contributed by atoms with van der Waals surface area (Å²) < 4.78 is 18.7. The average molecular weight is 549 g/mol. The molecule has 2 aliphatic rings. The number of halogens is 2. The van der Waals surface area contributed by atoms with Crippen LogP contribution in [-0.4, -0.2) is 85.1 Å². The normalized spacial score (nSPS) is 16.7. The number of amides is 2. The van der Waals surface area contributed by atoms with Gasteiger partial charge in [0.05, 0.1) is 5.02 Å². The quantitative estimate of drug-likeness (QED) is 0.511. The molecule has 4 rings (SSSR count).